The fraction of sp³-hybridized carbons (Fsp3) is 0.571. The van der Waals surface area contributed by atoms with E-state index in [1.165, 1.54) is 6.07 Å². The number of rotatable bonds is 3. The van der Waals surface area contributed by atoms with Crippen molar-refractivity contribution < 1.29 is 17.9 Å². The molecule has 0 amide bonds. The first-order valence-electron chi connectivity index (χ1n) is 7.19. The maximum Gasteiger partial charge on any atom is 0.240 e. The molecule has 0 bridgehead atoms. The smallest absolute Gasteiger partial charge is 0.240 e. The molecule has 0 aromatic heterocycles. The van der Waals surface area contributed by atoms with E-state index in [9.17, 15) is 8.42 Å². The number of hydrogen-bond acceptors (Lipinski definition) is 5. The zero-order valence-electron chi connectivity index (χ0n) is 12.0. The molecule has 2 N–H and O–H groups in total. The van der Waals surface area contributed by atoms with Crippen LogP contribution in [-0.2, 0) is 10.0 Å². The highest BCUT2D eigenvalue weighted by molar-refractivity contribution is 7.89. The van der Waals surface area contributed by atoms with Gasteiger partial charge in [0.1, 0.15) is 13.2 Å². The van der Waals surface area contributed by atoms with Gasteiger partial charge in [-0.05, 0) is 37.6 Å². The monoisotopic (exact) mass is 312 g/mol. The van der Waals surface area contributed by atoms with Crippen LogP contribution in [0.3, 0.4) is 0 Å². The summed E-state index contributed by atoms with van der Waals surface area (Å²) >= 11 is 0. The molecule has 6 nitrogen and oxygen atoms in total. The van der Waals surface area contributed by atoms with E-state index in [4.69, 9.17) is 9.47 Å². The first kappa shape index (κ1) is 14.6. The summed E-state index contributed by atoms with van der Waals surface area (Å²) in [5.74, 6) is 1.35. The number of piperidine rings is 1. The number of fused-ring (bicyclic) bond motifs is 1. The Morgan fingerprint density at radius 1 is 1.24 bits per heavy atom. The molecule has 7 heteroatoms. The van der Waals surface area contributed by atoms with Crippen molar-refractivity contribution in [2.24, 2.45) is 5.92 Å². The lowest BCUT2D eigenvalue weighted by Gasteiger charge is -2.30. The lowest BCUT2D eigenvalue weighted by molar-refractivity contribution is 0.171. The molecular weight excluding hydrogens is 292 g/mol. The highest BCUT2D eigenvalue weighted by Gasteiger charge is 2.27. The van der Waals surface area contributed by atoms with E-state index in [1.54, 1.807) is 12.1 Å². The van der Waals surface area contributed by atoms with Crippen LogP contribution in [-0.4, -0.2) is 40.8 Å². The van der Waals surface area contributed by atoms with Crippen LogP contribution >= 0.6 is 0 Å². The summed E-state index contributed by atoms with van der Waals surface area (Å²) in [7, 11) is -3.54. The lowest BCUT2D eigenvalue weighted by atomic mass is 9.97. The van der Waals surface area contributed by atoms with Crippen LogP contribution in [0.4, 0.5) is 0 Å². The number of hydrogen-bond donors (Lipinski definition) is 2. The molecule has 1 fully saturated rings. The average molecular weight is 312 g/mol. The van der Waals surface area contributed by atoms with Crippen LogP contribution in [0.15, 0.2) is 23.1 Å². The molecule has 2 aliphatic rings. The quantitative estimate of drug-likeness (QED) is 0.861. The van der Waals surface area contributed by atoms with Crippen LogP contribution in [0.1, 0.15) is 13.3 Å². The summed E-state index contributed by atoms with van der Waals surface area (Å²) in [6.45, 7) is 4.63. The number of ether oxygens (including phenoxy) is 2. The van der Waals surface area contributed by atoms with Gasteiger partial charge in [0.05, 0.1) is 4.90 Å². The van der Waals surface area contributed by atoms with Crippen molar-refractivity contribution in [1.29, 1.82) is 0 Å². The summed E-state index contributed by atoms with van der Waals surface area (Å²) in [5, 5.41) is 3.26. The van der Waals surface area contributed by atoms with Gasteiger partial charge >= 0.3 is 0 Å². The van der Waals surface area contributed by atoms with Crippen LogP contribution in [0.25, 0.3) is 0 Å². The van der Waals surface area contributed by atoms with Crippen LogP contribution in [0, 0.1) is 5.92 Å². The Labute approximate surface area is 124 Å². The Morgan fingerprint density at radius 3 is 2.76 bits per heavy atom. The predicted molar refractivity (Wildman–Crippen MR) is 78.2 cm³/mol. The minimum absolute atomic E-state index is 0.0375. The zero-order valence-corrected chi connectivity index (χ0v) is 12.8. The van der Waals surface area contributed by atoms with Gasteiger partial charge in [0, 0.05) is 12.1 Å². The lowest BCUT2D eigenvalue weighted by Crippen LogP contribution is -2.48. The highest BCUT2D eigenvalue weighted by Crippen LogP contribution is 2.32. The SMILES string of the molecule is C[C@H]1CNCC[C@@H]1NS(=O)(=O)c1ccc2c(c1)OCCO2. The van der Waals surface area contributed by atoms with Crippen LogP contribution in [0.5, 0.6) is 11.5 Å². The maximum atomic E-state index is 12.5. The zero-order chi connectivity index (χ0) is 14.9. The van der Waals surface area contributed by atoms with Crippen molar-refractivity contribution in [2.75, 3.05) is 26.3 Å². The van der Waals surface area contributed by atoms with Gasteiger partial charge in [0.25, 0.3) is 0 Å². The Morgan fingerprint density at radius 2 is 2.00 bits per heavy atom. The molecule has 0 radical (unpaired) electrons. The number of nitrogens with one attached hydrogen (secondary N) is 2. The Balaban J connectivity index is 1.81. The van der Waals surface area contributed by atoms with Gasteiger partial charge in [-0.25, -0.2) is 13.1 Å². The normalized spacial score (nSPS) is 25.6. The maximum absolute atomic E-state index is 12.5. The van der Waals surface area contributed by atoms with Gasteiger partial charge in [-0.1, -0.05) is 6.92 Å². The summed E-state index contributed by atoms with van der Waals surface area (Å²) in [5.41, 5.74) is 0. The molecule has 3 rings (SSSR count). The molecule has 21 heavy (non-hydrogen) atoms. The van der Waals surface area contributed by atoms with Crippen LogP contribution < -0.4 is 19.5 Å². The molecule has 1 aromatic rings. The molecule has 2 atom stereocenters. The molecule has 2 aliphatic heterocycles. The molecule has 0 aliphatic carbocycles. The second-order valence-corrected chi connectivity index (χ2v) is 7.22. The number of benzene rings is 1. The average Bonchev–Trinajstić information content (AvgIpc) is 2.49. The van der Waals surface area contributed by atoms with E-state index < -0.39 is 10.0 Å². The third-order valence-corrected chi connectivity index (χ3v) is 5.40. The topological polar surface area (TPSA) is 76.7 Å². The van der Waals surface area contributed by atoms with Gasteiger partial charge in [0.2, 0.25) is 10.0 Å². The first-order chi connectivity index (χ1) is 10.1. The number of sulfonamides is 1. The van der Waals surface area contributed by atoms with E-state index in [0.717, 1.165) is 19.5 Å². The molecule has 1 aromatic carbocycles. The Bertz CT molecular complexity index is 617. The van der Waals surface area contributed by atoms with E-state index >= 15 is 0 Å². The third-order valence-electron chi connectivity index (χ3n) is 3.92. The molecule has 0 unspecified atom stereocenters. The fourth-order valence-electron chi connectivity index (χ4n) is 2.65. The van der Waals surface area contributed by atoms with Gasteiger partial charge in [-0.15, -0.1) is 0 Å². The third kappa shape index (κ3) is 3.14. The molecule has 0 saturated carbocycles. The molecule has 2 heterocycles. The van der Waals surface area contributed by atoms with Gasteiger partial charge in [-0.2, -0.15) is 0 Å². The van der Waals surface area contributed by atoms with E-state index in [2.05, 4.69) is 10.0 Å². The molecule has 0 spiro atoms. The van der Waals surface area contributed by atoms with Crippen molar-refractivity contribution in [2.45, 2.75) is 24.3 Å². The van der Waals surface area contributed by atoms with E-state index in [0.29, 0.717) is 24.7 Å². The summed E-state index contributed by atoms with van der Waals surface area (Å²) < 4.78 is 38.7. The fourth-order valence-corrected chi connectivity index (χ4v) is 4.04. The van der Waals surface area contributed by atoms with E-state index in [1.807, 2.05) is 6.92 Å². The van der Waals surface area contributed by atoms with Crippen molar-refractivity contribution in [3.8, 4) is 11.5 Å². The molecule has 116 valence electrons. The summed E-state index contributed by atoms with van der Waals surface area (Å²) in [4.78, 5) is 0.220. The van der Waals surface area contributed by atoms with Gasteiger partial charge < -0.3 is 14.8 Å². The van der Waals surface area contributed by atoms with Crippen LogP contribution in [0.2, 0.25) is 0 Å². The van der Waals surface area contributed by atoms with Crippen molar-refractivity contribution in [3.63, 3.8) is 0 Å². The van der Waals surface area contributed by atoms with E-state index in [-0.39, 0.29) is 16.9 Å². The highest BCUT2D eigenvalue weighted by atomic mass is 32.2. The standard InChI is InChI=1S/C14H20N2O4S/c1-10-9-15-5-4-12(10)16-21(17,18)11-2-3-13-14(8-11)20-7-6-19-13/h2-3,8,10,12,15-16H,4-7,9H2,1H3/t10-,12-/m0/s1. The first-order valence-corrected chi connectivity index (χ1v) is 8.67. The predicted octanol–water partition coefficient (Wildman–Crippen LogP) is 0.734. The van der Waals surface area contributed by atoms with Crippen molar-refractivity contribution in [3.05, 3.63) is 18.2 Å². The Kier molecular flexibility index (Phi) is 4.05. The minimum atomic E-state index is -3.54. The second kappa shape index (κ2) is 5.82. The van der Waals surface area contributed by atoms with Crippen molar-refractivity contribution in [1.82, 2.24) is 10.0 Å². The minimum Gasteiger partial charge on any atom is -0.486 e. The largest absolute Gasteiger partial charge is 0.486 e. The molecular formula is C14H20N2O4S. The summed E-state index contributed by atoms with van der Waals surface area (Å²) in [6, 6.07) is 4.70. The molecule has 1 saturated heterocycles. The summed E-state index contributed by atoms with van der Waals surface area (Å²) in [6.07, 6.45) is 0.797. The second-order valence-electron chi connectivity index (χ2n) is 5.50. The van der Waals surface area contributed by atoms with Crippen molar-refractivity contribution >= 4 is 10.0 Å². The van der Waals surface area contributed by atoms with Gasteiger partial charge in [-0.3, -0.25) is 0 Å². The van der Waals surface area contributed by atoms with Gasteiger partial charge in [0.15, 0.2) is 11.5 Å². The Hall–Kier alpha value is -1.31.